The summed E-state index contributed by atoms with van der Waals surface area (Å²) in [4.78, 5) is 9.06. The highest BCUT2D eigenvalue weighted by Gasteiger charge is 2.25. The van der Waals surface area contributed by atoms with Crippen LogP contribution in [0.2, 0.25) is 0 Å². The van der Waals surface area contributed by atoms with Crippen molar-refractivity contribution in [3.05, 3.63) is 90.3 Å². The maximum absolute atomic E-state index is 5.32. The number of hydrogen-bond acceptors (Lipinski definition) is 4. The van der Waals surface area contributed by atoms with Crippen LogP contribution in [0.15, 0.2) is 79.1 Å². The lowest BCUT2D eigenvalue weighted by Gasteiger charge is -2.26. The second kappa shape index (κ2) is 6.29. The Morgan fingerprint density at radius 2 is 1.85 bits per heavy atom. The summed E-state index contributed by atoms with van der Waals surface area (Å²) in [5.41, 5.74) is 5.28. The minimum Gasteiger partial charge on any atom is -0.497 e. The Labute approximate surface area is 157 Å². The molecule has 1 aliphatic rings. The Kier molecular flexibility index (Phi) is 3.64. The van der Waals surface area contributed by atoms with E-state index >= 15 is 0 Å². The zero-order valence-electron chi connectivity index (χ0n) is 14.8. The quantitative estimate of drug-likeness (QED) is 0.589. The number of nitrogens with zero attached hydrogens (tertiary/aromatic N) is 3. The molecule has 0 fully saturated rings. The van der Waals surface area contributed by atoms with Crippen molar-refractivity contribution in [2.24, 2.45) is 0 Å². The molecule has 4 aromatic rings. The summed E-state index contributed by atoms with van der Waals surface area (Å²) in [6, 6.07) is 20.4. The second-order valence-electron chi connectivity index (χ2n) is 6.46. The predicted molar refractivity (Wildman–Crippen MR) is 107 cm³/mol. The Balaban J connectivity index is 1.70. The van der Waals surface area contributed by atoms with Crippen LogP contribution in [0.1, 0.15) is 17.2 Å². The van der Waals surface area contributed by atoms with Crippen LogP contribution in [-0.4, -0.2) is 21.6 Å². The zero-order chi connectivity index (χ0) is 18.2. The van der Waals surface area contributed by atoms with Crippen molar-refractivity contribution in [3.8, 4) is 5.75 Å². The third kappa shape index (κ3) is 2.64. The van der Waals surface area contributed by atoms with Gasteiger partial charge in [0, 0.05) is 23.7 Å². The van der Waals surface area contributed by atoms with E-state index in [0.29, 0.717) is 0 Å². The van der Waals surface area contributed by atoms with Gasteiger partial charge in [-0.3, -0.25) is 9.55 Å². The summed E-state index contributed by atoms with van der Waals surface area (Å²) in [7, 11) is 1.68. The summed E-state index contributed by atoms with van der Waals surface area (Å²) in [6.07, 6.45) is 5.87. The van der Waals surface area contributed by atoms with Crippen molar-refractivity contribution in [2.45, 2.75) is 6.04 Å². The lowest BCUT2D eigenvalue weighted by Crippen LogP contribution is -2.19. The van der Waals surface area contributed by atoms with Gasteiger partial charge in [0.05, 0.1) is 24.2 Å². The number of aromatic nitrogens is 3. The molecule has 5 nitrogen and oxygen atoms in total. The highest BCUT2D eigenvalue weighted by atomic mass is 16.5. The van der Waals surface area contributed by atoms with E-state index in [1.54, 1.807) is 13.3 Å². The van der Waals surface area contributed by atoms with Gasteiger partial charge in [0.25, 0.3) is 0 Å². The number of rotatable bonds is 3. The van der Waals surface area contributed by atoms with E-state index in [1.165, 1.54) is 5.56 Å². The summed E-state index contributed by atoms with van der Waals surface area (Å²) in [5, 5.41) is 3.47. The number of anilines is 1. The van der Waals surface area contributed by atoms with E-state index in [4.69, 9.17) is 9.72 Å². The second-order valence-corrected chi connectivity index (χ2v) is 6.46. The number of hydrogen-bond donors (Lipinski definition) is 1. The Morgan fingerprint density at radius 3 is 2.63 bits per heavy atom. The smallest absolute Gasteiger partial charge is 0.209 e. The molecule has 0 unspecified atom stereocenters. The van der Waals surface area contributed by atoms with Gasteiger partial charge in [-0.2, -0.15) is 0 Å². The molecule has 5 rings (SSSR count). The van der Waals surface area contributed by atoms with Crippen LogP contribution >= 0.6 is 0 Å². The third-order valence-electron chi connectivity index (χ3n) is 4.87. The topological polar surface area (TPSA) is 52.0 Å². The van der Waals surface area contributed by atoms with Crippen molar-refractivity contribution in [3.63, 3.8) is 0 Å². The Bertz CT molecular complexity index is 1130. The molecule has 0 radical (unpaired) electrons. The van der Waals surface area contributed by atoms with Gasteiger partial charge in [0.15, 0.2) is 0 Å². The van der Waals surface area contributed by atoms with Crippen LogP contribution < -0.4 is 10.1 Å². The lowest BCUT2D eigenvalue weighted by molar-refractivity contribution is 0.414. The molecule has 3 heterocycles. The molecule has 0 aliphatic carbocycles. The van der Waals surface area contributed by atoms with Crippen LogP contribution in [0.25, 0.3) is 16.7 Å². The summed E-state index contributed by atoms with van der Waals surface area (Å²) < 4.78 is 7.55. The molecule has 0 amide bonds. The van der Waals surface area contributed by atoms with Gasteiger partial charge in [-0.25, -0.2) is 4.98 Å². The van der Waals surface area contributed by atoms with Crippen molar-refractivity contribution in [1.29, 1.82) is 0 Å². The van der Waals surface area contributed by atoms with Crippen molar-refractivity contribution in [1.82, 2.24) is 14.5 Å². The van der Waals surface area contributed by atoms with Gasteiger partial charge in [-0.15, -0.1) is 0 Å². The van der Waals surface area contributed by atoms with E-state index in [2.05, 4.69) is 45.2 Å². The Hall–Kier alpha value is -3.60. The number of ether oxygens (including phenoxy) is 1. The zero-order valence-corrected chi connectivity index (χ0v) is 14.8. The first-order valence-electron chi connectivity index (χ1n) is 8.83. The molecule has 0 bridgehead atoms. The average molecular weight is 354 g/mol. The standard InChI is InChI=1S/C22H18N4O/c1-27-17-10-8-15(9-11-17)21-13-19(16-5-4-12-23-14-16)25-22-24-18-6-2-3-7-20(18)26(21)22/h2-14,21H,1H3,(H,24,25)/t21-/m0/s1. The van der Waals surface area contributed by atoms with Gasteiger partial charge >= 0.3 is 0 Å². The fourth-order valence-corrected chi connectivity index (χ4v) is 3.55. The first kappa shape index (κ1) is 15.6. The van der Waals surface area contributed by atoms with Crippen LogP contribution in [0.3, 0.4) is 0 Å². The predicted octanol–water partition coefficient (Wildman–Crippen LogP) is 4.50. The van der Waals surface area contributed by atoms with Crippen LogP contribution in [0.5, 0.6) is 5.75 Å². The summed E-state index contributed by atoms with van der Waals surface area (Å²) in [6.45, 7) is 0. The van der Waals surface area contributed by atoms with E-state index in [-0.39, 0.29) is 6.04 Å². The first-order chi connectivity index (χ1) is 13.3. The van der Waals surface area contributed by atoms with Crippen LogP contribution in [0.4, 0.5) is 5.95 Å². The van der Waals surface area contributed by atoms with Gasteiger partial charge < -0.3 is 10.1 Å². The number of para-hydroxylation sites is 2. The number of pyridine rings is 1. The highest BCUT2D eigenvalue weighted by Crippen LogP contribution is 2.37. The minimum absolute atomic E-state index is 0.0229. The third-order valence-corrected chi connectivity index (χ3v) is 4.87. The minimum atomic E-state index is 0.0229. The number of benzene rings is 2. The molecule has 2 aromatic heterocycles. The lowest BCUT2D eigenvalue weighted by atomic mass is 10.0. The molecule has 0 spiro atoms. The van der Waals surface area contributed by atoms with E-state index < -0.39 is 0 Å². The van der Waals surface area contributed by atoms with Gasteiger partial charge in [-0.05, 0) is 48.0 Å². The fourth-order valence-electron chi connectivity index (χ4n) is 3.55. The maximum atomic E-state index is 5.32. The van der Waals surface area contributed by atoms with Crippen LogP contribution in [-0.2, 0) is 0 Å². The fraction of sp³-hybridized carbons (Fsp3) is 0.0909. The average Bonchev–Trinajstić information content (AvgIpc) is 3.12. The Morgan fingerprint density at radius 1 is 1.00 bits per heavy atom. The monoisotopic (exact) mass is 354 g/mol. The number of nitrogens with one attached hydrogen (secondary N) is 1. The van der Waals surface area contributed by atoms with E-state index in [0.717, 1.165) is 34.0 Å². The molecule has 0 saturated carbocycles. The van der Waals surface area contributed by atoms with Gasteiger partial charge in [0.1, 0.15) is 5.75 Å². The molecular formula is C22H18N4O. The van der Waals surface area contributed by atoms with E-state index in [9.17, 15) is 0 Å². The number of imidazole rings is 1. The molecule has 5 heteroatoms. The van der Waals surface area contributed by atoms with Gasteiger partial charge in [0.2, 0.25) is 5.95 Å². The SMILES string of the molecule is COc1ccc([C@@H]2C=C(c3cccnc3)Nc3nc4ccccc4n32)cc1. The highest BCUT2D eigenvalue weighted by molar-refractivity contribution is 5.85. The number of methoxy groups -OCH3 is 1. The molecule has 2 aromatic carbocycles. The summed E-state index contributed by atoms with van der Waals surface area (Å²) in [5.74, 6) is 1.68. The molecule has 1 aliphatic heterocycles. The van der Waals surface area contributed by atoms with Crippen molar-refractivity contribution < 1.29 is 4.74 Å². The molecule has 1 atom stereocenters. The molecule has 1 N–H and O–H groups in total. The molecular weight excluding hydrogens is 336 g/mol. The summed E-state index contributed by atoms with van der Waals surface area (Å²) >= 11 is 0. The maximum Gasteiger partial charge on any atom is 0.209 e. The van der Waals surface area contributed by atoms with Crippen LogP contribution in [0, 0.1) is 0 Å². The normalized spacial score (nSPS) is 15.7. The number of allylic oxidation sites excluding steroid dienone is 1. The van der Waals surface area contributed by atoms with Gasteiger partial charge in [-0.1, -0.05) is 24.3 Å². The van der Waals surface area contributed by atoms with Crippen molar-refractivity contribution >= 4 is 22.7 Å². The first-order valence-corrected chi connectivity index (χ1v) is 8.83. The van der Waals surface area contributed by atoms with E-state index in [1.807, 2.05) is 42.6 Å². The molecule has 132 valence electrons. The van der Waals surface area contributed by atoms with Crippen molar-refractivity contribution in [2.75, 3.05) is 12.4 Å². The largest absolute Gasteiger partial charge is 0.497 e. The number of fused-ring (bicyclic) bond motifs is 3. The molecule has 0 saturated heterocycles. The molecule has 27 heavy (non-hydrogen) atoms.